The first-order chi connectivity index (χ1) is 6.90. The standard InChI is InChI=1S/C13H25N/c1-14-13-9-5-8-12(10-13)11-6-3-2-4-7-11/h11-14H,2-10H2,1H3. The molecule has 0 aromatic heterocycles. The van der Waals surface area contributed by atoms with Gasteiger partial charge in [0.15, 0.2) is 0 Å². The highest BCUT2D eigenvalue weighted by Crippen LogP contribution is 2.38. The van der Waals surface area contributed by atoms with Crippen LogP contribution < -0.4 is 5.32 Å². The molecular formula is C13H25N. The Hall–Kier alpha value is -0.0400. The van der Waals surface area contributed by atoms with E-state index in [1.54, 1.807) is 0 Å². The molecule has 0 aromatic rings. The van der Waals surface area contributed by atoms with Crippen LogP contribution in [0.1, 0.15) is 57.8 Å². The first kappa shape index (κ1) is 10.5. The van der Waals surface area contributed by atoms with E-state index >= 15 is 0 Å². The van der Waals surface area contributed by atoms with Crippen LogP contribution in [0.4, 0.5) is 0 Å². The maximum Gasteiger partial charge on any atom is 0.00668 e. The second kappa shape index (κ2) is 5.16. The van der Waals surface area contributed by atoms with Crippen LogP contribution in [0.3, 0.4) is 0 Å². The van der Waals surface area contributed by atoms with Gasteiger partial charge in [0.25, 0.3) is 0 Å². The molecule has 2 atom stereocenters. The van der Waals surface area contributed by atoms with E-state index in [0.29, 0.717) is 0 Å². The van der Waals surface area contributed by atoms with E-state index in [0.717, 1.165) is 17.9 Å². The second-order valence-electron chi connectivity index (χ2n) is 5.31. The van der Waals surface area contributed by atoms with Gasteiger partial charge in [-0.15, -0.1) is 0 Å². The first-order valence-electron chi connectivity index (χ1n) is 6.57. The predicted molar refractivity (Wildman–Crippen MR) is 61.4 cm³/mol. The molecule has 0 aromatic carbocycles. The van der Waals surface area contributed by atoms with Crippen LogP contribution >= 0.6 is 0 Å². The molecule has 0 spiro atoms. The Balaban J connectivity index is 1.83. The van der Waals surface area contributed by atoms with Crippen molar-refractivity contribution >= 4 is 0 Å². The summed E-state index contributed by atoms with van der Waals surface area (Å²) < 4.78 is 0. The molecule has 0 heterocycles. The van der Waals surface area contributed by atoms with E-state index in [2.05, 4.69) is 12.4 Å². The third-order valence-corrected chi connectivity index (χ3v) is 4.44. The number of nitrogens with one attached hydrogen (secondary N) is 1. The molecule has 0 saturated heterocycles. The van der Waals surface area contributed by atoms with Gasteiger partial charge in [-0.05, 0) is 31.7 Å². The van der Waals surface area contributed by atoms with Crippen molar-refractivity contribution in [2.24, 2.45) is 11.8 Å². The summed E-state index contributed by atoms with van der Waals surface area (Å²) in [6.07, 6.45) is 13.4. The van der Waals surface area contributed by atoms with E-state index in [4.69, 9.17) is 0 Å². The van der Waals surface area contributed by atoms with Crippen LogP contribution in [0.5, 0.6) is 0 Å². The molecule has 14 heavy (non-hydrogen) atoms. The average molecular weight is 195 g/mol. The van der Waals surface area contributed by atoms with Crippen molar-refractivity contribution in [1.29, 1.82) is 0 Å². The zero-order valence-electron chi connectivity index (χ0n) is 9.60. The van der Waals surface area contributed by atoms with Gasteiger partial charge in [0, 0.05) is 6.04 Å². The summed E-state index contributed by atoms with van der Waals surface area (Å²) in [5.74, 6) is 2.14. The first-order valence-corrected chi connectivity index (χ1v) is 6.57. The van der Waals surface area contributed by atoms with Crippen LogP contribution in [0.25, 0.3) is 0 Å². The van der Waals surface area contributed by atoms with E-state index < -0.39 is 0 Å². The molecule has 1 heteroatoms. The molecule has 0 aliphatic heterocycles. The largest absolute Gasteiger partial charge is 0.317 e. The van der Waals surface area contributed by atoms with Gasteiger partial charge < -0.3 is 5.32 Å². The minimum atomic E-state index is 0.829. The van der Waals surface area contributed by atoms with E-state index in [-0.39, 0.29) is 0 Å². The fraction of sp³-hybridized carbons (Fsp3) is 1.00. The van der Waals surface area contributed by atoms with Crippen LogP contribution in [0.2, 0.25) is 0 Å². The topological polar surface area (TPSA) is 12.0 Å². The van der Waals surface area contributed by atoms with Gasteiger partial charge >= 0.3 is 0 Å². The summed E-state index contributed by atoms with van der Waals surface area (Å²) in [7, 11) is 2.13. The monoisotopic (exact) mass is 195 g/mol. The van der Waals surface area contributed by atoms with E-state index in [9.17, 15) is 0 Å². The second-order valence-corrected chi connectivity index (χ2v) is 5.31. The average Bonchev–Trinajstić information content (AvgIpc) is 2.30. The molecule has 0 radical (unpaired) electrons. The van der Waals surface area contributed by atoms with Crippen molar-refractivity contribution in [2.75, 3.05) is 7.05 Å². The normalized spacial score (nSPS) is 35.8. The summed E-state index contributed by atoms with van der Waals surface area (Å²) in [4.78, 5) is 0. The lowest BCUT2D eigenvalue weighted by atomic mass is 9.72. The minimum Gasteiger partial charge on any atom is -0.317 e. The van der Waals surface area contributed by atoms with E-state index in [1.165, 1.54) is 57.8 Å². The van der Waals surface area contributed by atoms with Crippen LogP contribution in [-0.4, -0.2) is 13.1 Å². The molecule has 2 fully saturated rings. The third-order valence-electron chi connectivity index (χ3n) is 4.44. The van der Waals surface area contributed by atoms with Gasteiger partial charge in [0.05, 0.1) is 0 Å². The Bertz CT molecular complexity index is 161. The summed E-state index contributed by atoms with van der Waals surface area (Å²) in [6.45, 7) is 0. The zero-order chi connectivity index (χ0) is 9.80. The predicted octanol–water partition coefficient (Wildman–Crippen LogP) is 3.34. The van der Waals surface area contributed by atoms with Gasteiger partial charge in [0.2, 0.25) is 0 Å². The summed E-state index contributed by atoms with van der Waals surface area (Å²) >= 11 is 0. The van der Waals surface area contributed by atoms with Crippen molar-refractivity contribution in [3.63, 3.8) is 0 Å². The highest BCUT2D eigenvalue weighted by atomic mass is 14.9. The lowest BCUT2D eigenvalue weighted by molar-refractivity contribution is 0.174. The lowest BCUT2D eigenvalue weighted by Crippen LogP contribution is -2.34. The van der Waals surface area contributed by atoms with Crippen molar-refractivity contribution in [1.82, 2.24) is 5.32 Å². The molecule has 0 bridgehead atoms. The maximum absolute atomic E-state index is 3.47. The van der Waals surface area contributed by atoms with Gasteiger partial charge in [-0.25, -0.2) is 0 Å². The van der Waals surface area contributed by atoms with Gasteiger partial charge in [-0.2, -0.15) is 0 Å². The van der Waals surface area contributed by atoms with Crippen LogP contribution in [0, 0.1) is 11.8 Å². The Morgan fingerprint density at radius 1 is 0.786 bits per heavy atom. The molecule has 82 valence electrons. The smallest absolute Gasteiger partial charge is 0.00668 e. The summed E-state index contributed by atoms with van der Waals surface area (Å²) in [5, 5.41) is 3.47. The molecule has 2 aliphatic carbocycles. The Morgan fingerprint density at radius 2 is 1.50 bits per heavy atom. The number of hydrogen-bond donors (Lipinski definition) is 1. The number of hydrogen-bond acceptors (Lipinski definition) is 1. The SMILES string of the molecule is CNC1CCCC(C2CCCCC2)C1. The van der Waals surface area contributed by atoms with Crippen LogP contribution in [0.15, 0.2) is 0 Å². The molecular weight excluding hydrogens is 170 g/mol. The summed E-state index contributed by atoms with van der Waals surface area (Å²) in [6, 6.07) is 0.829. The highest BCUT2D eigenvalue weighted by Gasteiger charge is 2.28. The zero-order valence-corrected chi connectivity index (χ0v) is 9.60. The Labute approximate surface area is 88.7 Å². The van der Waals surface area contributed by atoms with Crippen molar-refractivity contribution in [3.05, 3.63) is 0 Å². The fourth-order valence-corrected chi connectivity index (χ4v) is 3.52. The molecule has 2 rings (SSSR count). The van der Waals surface area contributed by atoms with Gasteiger partial charge in [0.1, 0.15) is 0 Å². The van der Waals surface area contributed by atoms with Crippen molar-refractivity contribution in [2.45, 2.75) is 63.8 Å². The maximum atomic E-state index is 3.47. The molecule has 2 saturated carbocycles. The molecule has 2 aliphatic rings. The Morgan fingerprint density at radius 3 is 2.21 bits per heavy atom. The van der Waals surface area contributed by atoms with Gasteiger partial charge in [-0.3, -0.25) is 0 Å². The lowest BCUT2D eigenvalue weighted by Gasteiger charge is -2.36. The molecule has 2 unspecified atom stereocenters. The minimum absolute atomic E-state index is 0.829. The quantitative estimate of drug-likeness (QED) is 0.712. The number of rotatable bonds is 2. The Kier molecular flexibility index (Phi) is 3.86. The van der Waals surface area contributed by atoms with Gasteiger partial charge in [-0.1, -0.05) is 44.9 Å². The molecule has 0 amide bonds. The highest BCUT2D eigenvalue weighted by molar-refractivity contribution is 4.82. The van der Waals surface area contributed by atoms with Crippen molar-refractivity contribution in [3.8, 4) is 0 Å². The molecule has 1 N–H and O–H groups in total. The fourth-order valence-electron chi connectivity index (χ4n) is 3.52. The van der Waals surface area contributed by atoms with Crippen LogP contribution in [-0.2, 0) is 0 Å². The summed E-state index contributed by atoms with van der Waals surface area (Å²) in [5.41, 5.74) is 0. The molecule has 1 nitrogen and oxygen atoms in total. The third kappa shape index (κ3) is 2.50. The van der Waals surface area contributed by atoms with E-state index in [1.807, 2.05) is 0 Å². The van der Waals surface area contributed by atoms with Crippen molar-refractivity contribution < 1.29 is 0 Å².